The van der Waals surface area contributed by atoms with Crippen LogP contribution in [0.2, 0.25) is 0 Å². The summed E-state index contributed by atoms with van der Waals surface area (Å²) in [6.45, 7) is 2.81. The molecule has 1 heterocycles. The topological polar surface area (TPSA) is 9.23 Å². The molecule has 0 aromatic heterocycles. The molecule has 1 saturated heterocycles. The van der Waals surface area contributed by atoms with E-state index in [-0.39, 0.29) is 54.6 Å². The molecule has 0 radical (unpaired) electrons. The van der Waals surface area contributed by atoms with Gasteiger partial charge in [0.2, 0.25) is 0 Å². The predicted molar refractivity (Wildman–Crippen MR) is 41.2 cm³/mol. The Morgan fingerprint density at radius 2 is 1.67 bits per heavy atom. The second-order valence-corrected chi connectivity index (χ2v) is 1.18. The first kappa shape index (κ1) is 22.4. The largest absolute Gasteiger partial charge is 0.552 e. The molecule has 0 aromatic rings. The van der Waals surface area contributed by atoms with Crippen LogP contribution < -0.4 is 0 Å². The van der Waals surface area contributed by atoms with E-state index in [2.05, 4.69) is 0 Å². The van der Waals surface area contributed by atoms with Gasteiger partial charge in [0, 0.05) is 24.0 Å². The molecule has 1 nitrogen and oxygen atoms in total. The number of rotatable bonds is 0. The zero-order valence-electron chi connectivity index (χ0n) is 4.74. The molecule has 1 aliphatic heterocycles. The first-order valence-corrected chi connectivity index (χ1v) is 1.93. The summed E-state index contributed by atoms with van der Waals surface area (Å²) in [6.07, 6.45) is 2.38. The molecule has 0 unspecified atom stereocenters. The van der Waals surface area contributed by atoms with Crippen molar-refractivity contribution >= 4 is 37.2 Å². The van der Waals surface area contributed by atoms with Crippen LogP contribution in [-0.2, 0) is 22.1 Å². The van der Waals surface area contributed by atoms with Gasteiger partial charge in [-0.2, -0.15) is 6.42 Å². The molecule has 5 heteroatoms. The summed E-state index contributed by atoms with van der Waals surface area (Å²) in [4.78, 5) is 0. The Labute approximate surface area is 85.3 Å². The van der Waals surface area contributed by atoms with Crippen molar-refractivity contribution < 1.29 is 22.1 Å². The van der Waals surface area contributed by atoms with E-state index in [0.717, 1.165) is 13.0 Å². The number of ether oxygens (including phenoxy) is 1. The zero-order valence-corrected chi connectivity index (χ0v) is 8.46. The molecule has 1 rings (SSSR count). The van der Waals surface area contributed by atoms with E-state index >= 15 is 0 Å². The molecule has 1 fully saturated rings. The van der Waals surface area contributed by atoms with Gasteiger partial charge in [-0.25, -0.2) is 6.61 Å². The Bertz CT molecular complexity index is 27.4. The molecule has 0 spiro atoms. The van der Waals surface area contributed by atoms with Crippen LogP contribution in [0.5, 0.6) is 0 Å². The van der Waals surface area contributed by atoms with Gasteiger partial charge in [-0.3, -0.25) is 0 Å². The molecule has 0 aliphatic carbocycles. The fraction of sp³-hybridized carbons (Fsp3) is 0.750. The van der Waals surface area contributed by atoms with Gasteiger partial charge in [-0.15, -0.1) is 37.2 Å². The van der Waals surface area contributed by atoms with Gasteiger partial charge in [0.25, 0.3) is 0 Å². The molecular weight excluding hydrogens is 222 g/mol. The third-order valence-corrected chi connectivity index (χ3v) is 0.702. The monoisotopic (exact) mass is 231 g/mol. The van der Waals surface area contributed by atoms with Crippen LogP contribution in [-0.4, -0.2) is 6.61 Å². The van der Waals surface area contributed by atoms with E-state index in [1.54, 1.807) is 0 Å². The second-order valence-electron chi connectivity index (χ2n) is 1.18. The summed E-state index contributed by atoms with van der Waals surface area (Å²) < 4.78 is 4.82. The predicted octanol–water partition coefficient (Wildman–Crippen LogP) is 2.22. The van der Waals surface area contributed by atoms with Gasteiger partial charge in [-0.1, -0.05) is 6.42 Å². The van der Waals surface area contributed by atoms with Crippen molar-refractivity contribution in [3.05, 3.63) is 6.61 Å². The summed E-state index contributed by atoms with van der Waals surface area (Å²) in [7, 11) is 0. The standard InChI is InChI=1S/C4H7O.3ClH.Cr/c1-2-4-5-3-1;;;;/h3H,1-2,4H2;3*1H;/q-1;;;;. The summed E-state index contributed by atoms with van der Waals surface area (Å²) in [6, 6.07) is 0. The summed E-state index contributed by atoms with van der Waals surface area (Å²) in [5, 5.41) is 0. The van der Waals surface area contributed by atoms with Crippen LogP contribution in [0.4, 0.5) is 0 Å². The van der Waals surface area contributed by atoms with Crippen molar-refractivity contribution in [3.63, 3.8) is 0 Å². The molecule has 9 heavy (non-hydrogen) atoms. The summed E-state index contributed by atoms with van der Waals surface area (Å²) >= 11 is 0. The molecule has 0 amide bonds. The molecule has 1 aliphatic rings. The SMILES string of the molecule is Cl.Cl.Cl.[CH-]1CCCO1.[Cr]. The van der Waals surface area contributed by atoms with E-state index in [0.29, 0.717) is 0 Å². The van der Waals surface area contributed by atoms with Crippen LogP contribution in [0.1, 0.15) is 12.8 Å². The Morgan fingerprint density at radius 3 is 1.78 bits per heavy atom. The first-order chi connectivity index (χ1) is 2.50. The normalized spacial score (nSPS) is 13.3. The molecule has 0 bridgehead atoms. The van der Waals surface area contributed by atoms with Crippen molar-refractivity contribution in [2.24, 2.45) is 0 Å². The van der Waals surface area contributed by atoms with Crippen molar-refractivity contribution in [1.29, 1.82) is 0 Å². The Balaban J connectivity index is -0.0000000312. The minimum absolute atomic E-state index is 0. The minimum Gasteiger partial charge on any atom is -0.552 e. The first-order valence-electron chi connectivity index (χ1n) is 1.93. The Hall–Kier alpha value is 1.36. The Kier molecular flexibility index (Phi) is 40.3. The minimum atomic E-state index is 0. The van der Waals surface area contributed by atoms with E-state index < -0.39 is 0 Å². The molecular formula is C4H10Cl3CrO-. The van der Waals surface area contributed by atoms with E-state index in [1.165, 1.54) is 6.42 Å². The fourth-order valence-electron chi connectivity index (χ4n) is 0.417. The van der Waals surface area contributed by atoms with Crippen molar-refractivity contribution in [2.45, 2.75) is 12.8 Å². The quantitative estimate of drug-likeness (QED) is 0.582. The molecule has 0 saturated carbocycles. The Morgan fingerprint density at radius 1 is 1.11 bits per heavy atom. The molecule has 0 N–H and O–H groups in total. The van der Waals surface area contributed by atoms with Crippen LogP contribution in [0.15, 0.2) is 0 Å². The second kappa shape index (κ2) is 16.2. The van der Waals surface area contributed by atoms with Gasteiger partial charge >= 0.3 is 0 Å². The van der Waals surface area contributed by atoms with Crippen molar-refractivity contribution in [2.75, 3.05) is 6.61 Å². The number of halogens is 3. The summed E-state index contributed by atoms with van der Waals surface area (Å²) in [5.74, 6) is 0. The van der Waals surface area contributed by atoms with E-state index in [9.17, 15) is 0 Å². The van der Waals surface area contributed by atoms with Gasteiger partial charge in [0.05, 0.1) is 0 Å². The zero-order chi connectivity index (χ0) is 3.54. The maximum absolute atomic E-state index is 4.82. The smallest absolute Gasteiger partial charge is 0.00878 e. The molecule has 0 atom stereocenters. The van der Waals surface area contributed by atoms with Gasteiger partial charge in [-0.05, 0) is 0 Å². The number of hydrogen-bond donors (Lipinski definition) is 0. The fourth-order valence-corrected chi connectivity index (χ4v) is 0.417. The van der Waals surface area contributed by atoms with Crippen LogP contribution >= 0.6 is 37.2 Å². The molecule has 0 aromatic carbocycles. The third-order valence-electron chi connectivity index (χ3n) is 0.702. The van der Waals surface area contributed by atoms with Gasteiger partial charge in [0.15, 0.2) is 0 Å². The van der Waals surface area contributed by atoms with Gasteiger partial charge < -0.3 is 4.74 Å². The maximum Gasteiger partial charge on any atom is 0.00878 e. The molecule has 60 valence electrons. The van der Waals surface area contributed by atoms with Crippen LogP contribution in [0, 0.1) is 6.61 Å². The maximum atomic E-state index is 4.82. The van der Waals surface area contributed by atoms with Gasteiger partial charge in [0.1, 0.15) is 0 Å². The average molecular weight is 232 g/mol. The van der Waals surface area contributed by atoms with Crippen molar-refractivity contribution in [1.82, 2.24) is 0 Å². The average Bonchev–Trinajstić information content (AvgIpc) is 1.76. The van der Waals surface area contributed by atoms with Crippen LogP contribution in [0.25, 0.3) is 0 Å². The van der Waals surface area contributed by atoms with E-state index in [1.807, 2.05) is 6.61 Å². The van der Waals surface area contributed by atoms with Crippen LogP contribution in [0.3, 0.4) is 0 Å². The number of hydrogen-bond acceptors (Lipinski definition) is 1. The van der Waals surface area contributed by atoms with Crippen molar-refractivity contribution in [3.8, 4) is 0 Å². The third kappa shape index (κ3) is 12.5. The summed E-state index contributed by atoms with van der Waals surface area (Å²) in [5.41, 5.74) is 0. The van der Waals surface area contributed by atoms with E-state index in [4.69, 9.17) is 4.74 Å².